The second-order valence-corrected chi connectivity index (χ2v) is 8.84. The minimum atomic E-state index is 0.0993. The molecule has 0 N–H and O–H groups in total. The molecule has 0 saturated carbocycles. The molecule has 1 aromatic rings. The van der Waals surface area contributed by atoms with Gasteiger partial charge >= 0.3 is 0 Å². The quantitative estimate of drug-likeness (QED) is 0.793. The Kier molecular flexibility index (Phi) is 6.26. The van der Waals surface area contributed by atoms with Gasteiger partial charge in [0.1, 0.15) is 0 Å². The molecule has 1 amide bonds. The van der Waals surface area contributed by atoms with Crippen molar-refractivity contribution >= 4 is 5.91 Å². The van der Waals surface area contributed by atoms with Gasteiger partial charge in [-0.05, 0) is 33.2 Å². The molecular formula is C21H37N5O. The van der Waals surface area contributed by atoms with Crippen LogP contribution in [0.15, 0.2) is 6.20 Å². The van der Waals surface area contributed by atoms with E-state index in [1.165, 1.54) is 5.56 Å². The van der Waals surface area contributed by atoms with E-state index < -0.39 is 0 Å². The van der Waals surface area contributed by atoms with Crippen molar-refractivity contribution < 1.29 is 4.79 Å². The van der Waals surface area contributed by atoms with Gasteiger partial charge in [0.05, 0.1) is 5.69 Å². The molecule has 1 spiro atoms. The number of hydrogen-bond acceptors (Lipinski definition) is 4. The van der Waals surface area contributed by atoms with E-state index in [0.717, 1.165) is 70.8 Å². The molecule has 0 bridgehead atoms. The van der Waals surface area contributed by atoms with Crippen LogP contribution in [0.1, 0.15) is 51.3 Å². The van der Waals surface area contributed by atoms with Crippen molar-refractivity contribution in [1.82, 2.24) is 24.5 Å². The van der Waals surface area contributed by atoms with Gasteiger partial charge in [-0.3, -0.25) is 19.3 Å². The summed E-state index contributed by atoms with van der Waals surface area (Å²) in [7, 11) is 2.27. The largest absolute Gasteiger partial charge is 0.342 e. The van der Waals surface area contributed by atoms with Gasteiger partial charge in [-0.15, -0.1) is 0 Å². The third-order valence-electron chi connectivity index (χ3n) is 6.47. The molecule has 2 aliphatic rings. The van der Waals surface area contributed by atoms with Crippen LogP contribution in [0.25, 0.3) is 0 Å². The highest BCUT2D eigenvalue weighted by atomic mass is 16.2. The number of rotatable bonds is 5. The summed E-state index contributed by atoms with van der Waals surface area (Å²) in [6.45, 7) is 15.4. The Bertz CT molecular complexity index is 645. The monoisotopic (exact) mass is 375 g/mol. The summed E-state index contributed by atoms with van der Waals surface area (Å²) in [6, 6.07) is 0. The van der Waals surface area contributed by atoms with Crippen LogP contribution in [0.5, 0.6) is 0 Å². The first-order chi connectivity index (χ1) is 12.8. The van der Waals surface area contributed by atoms with E-state index in [0.29, 0.717) is 5.91 Å². The van der Waals surface area contributed by atoms with Crippen molar-refractivity contribution in [2.75, 3.05) is 39.8 Å². The van der Waals surface area contributed by atoms with Crippen molar-refractivity contribution in [2.45, 2.75) is 65.6 Å². The topological polar surface area (TPSA) is 44.6 Å². The lowest BCUT2D eigenvalue weighted by Crippen LogP contribution is -2.64. The summed E-state index contributed by atoms with van der Waals surface area (Å²) >= 11 is 0. The molecule has 27 heavy (non-hydrogen) atoms. The Balaban J connectivity index is 1.64. The van der Waals surface area contributed by atoms with Crippen LogP contribution < -0.4 is 0 Å². The minimum Gasteiger partial charge on any atom is -0.342 e. The fourth-order valence-corrected chi connectivity index (χ4v) is 4.63. The first-order valence-corrected chi connectivity index (χ1v) is 10.6. The van der Waals surface area contributed by atoms with E-state index in [9.17, 15) is 4.79 Å². The summed E-state index contributed by atoms with van der Waals surface area (Å²) in [5.74, 6) is 0.404. The molecule has 0 aromatic carbocycles. The molecule has 6 nitrogen and oxygen atoms in total. The van der Waals surface area contributed by atoms with Gasteiger partial charge in [-0.25, -0.2) is 0 Å². The number of likely N-dealkylation sites (N-methyl/N-ethyl adjacent to an activating group) is 1. The molecule has 152 valence electrons. The SMILES string of the molecule is CCCn1cc(CN2CCN(C)C3(CCN(C(=O)C(C)C)CC3)C2)c(C)n1. The fraction of sp³-hybridized carbons (Fsp3) is 0.810. The number of carbonyl (C=O) groups is 1. The van der Waals surface area contributed by atoms with Crippen molar-refractivity contribution in [3.63, 3.8) is 0 Å². The van der Waals surface area contributed by atoms with Crippen LogP contribution >= 0.6 is 0 Å². The van der Waals surface area contributed by atoms with Gasteiger partial charge in [0.2, 0.25) is 5.91 Å². The standard InChI is InChI=1S/C21H37N5O/c1-6-9-26-15-19(18(4)22-26)14-24-13-12-23(5)21(16-24)7-10-25(11-8-21)20(27)17(2)3/h15,17H,6-14,16H2,1-5H3. The molecule has 2 aliphatic heterocycles. The Morgan fingerprint density at radius 3 is 2.56 bits per heavy atom. The second kappa shape index (κ2) is 8.31. The molecule has 0 atom stereocenters. The van der Waals surface area contributed by atoms with Gasteiger partial charge in [-0.2, -0.15) is 5.10 Å². The molecule has 2 saturated heterocycles. The highest BCUT2D eigenvalue weighted by molar-refractivity contribution is 5.78. The average molecular weight is 376 g/mol. The summed E-state index contributed by atoms with van der Waals surface area (Å²) in [5.41, 5.74) is 2.73. The number of likely N-dealkylation sites (tertiary alicyclic amines) is 1. The molecule has 3 rings (SSSR count). The molecular weight excluding hydrogens is 338 g/mol. The number of carbonyl (C=O) groups excluding carboxylic acids is 1. The average Bonchev–Trinajstić information content (AvgIpc) is 2.98. The summed E-state index contributed by atoms with van der Waals surface area (Å²) < 4.78 is 2.09. The summed E-state index contributed by atoms with van der Waals surface area (Å²) in [6.07, 6.45) is 5.50. The predicted octanol–water partition coefficient (Wildman–Crippen LogP) is 2.37. The normalized spacial score (nSPS) is 21.3. The molecule has 0 radical (unpaired) electrons. The first kappa shape index (κ1) is 20.3. The van der Waals surface area contributed by atoms with E-state index in [1.54, 1.807) is 0 Å². The van der Waals surface area contributed by atoms with E-state index in [1.807, 2.05) is 13.8 Å². The number of nitrogens with zero attached hydrogens (tertiary/aromatic N) is 5. The molecule has 2 fully saturated rings. The lowest BCUT2D eigenvalue weighted by atomic mass is 9.83. The van der Waals surface area contributed by atoms with E-state index >= 15 is 0 Å². The maximum Gasteiger partial charge on any atom is 0.225 e. The van der Waals surface area contributed by atoms with Crippen LogP contribution in [0.3, 0.4) is 0 Å². The molecule has 0 unspecified atom stereocenters. The lowest BCUT2D eigenvalue weighted by molar-refractivity contribution is -0.138. The Morgan fingerprint density at radius 1 is 1.22 bits per heavy atom. The zero-order valence-corrected chi connectivity index (χ0v) is 17.9. The van der Waals surface area contributed by atoms with Crippen LogP contribution in [0.4, 0.5) is 0 Å². The highest BCUT2D eigenvalue weighted by Gasteiger charge is 2.43. The van der Waals surface area contributed by atoms with Crippen LogP contribution in [0.2, 0.25) is 0 Å². The van der Waals surface area contributed by atoms with Gasteiger partial charge in [0.15, 0.2) is 0 Å². The van der Waals surface area contributed by atoms with Crippen LogP contribution in [0, 0.1) is 12.8 Å². The number of hydrogen-bond donors (Lipinski definition) is 0. The molecule has 6 heteroatoms. The van der Waals surface area contributed by atoms with Gasteiger partial charge < -0.3 is 4.90 Å². The molecule has 0 aliphatic carbocycles. The maximum absolute atomic E-state index is 12.3. The zero-order chi connectivity index (χ0) is 19.6. The van der Waals surface area contributed by atoms with E-state index in [2.05, 4.69) is 51.6 Å². The fourth-order valence-electron chi connectivity index (χ4n) is 4.63. The Morgan fingerprint density at radius 2 is 1.93 bits per heavy atom. The van der Waals surface area contributed by atoms with Gasteiger partial charge in [0.25, 0.3) is 0 Å². The Hall–Kier alpha value is -1.40. The lowest BCUT2D eigenvalue weighted by Gasteiger charge is -2.53. The predicted molar refractivity (Wildman–Crippen MR) is 109 cm³/mol. The number of piperazine rings is 1. The number of amides is 1. The van der Waals surface area contributed by atoms with Crippen LogP contribution in [-0.2, 0) is 17.9 Å². The third-order valence-corrected chi connectivity index (χ3v) is 6.47. The van der Waals surface area contributed by atoms with Crippen molar-refractivity contribution in [3.8, 4) is 0 Å². The summed E-state index contributed by atoms with van der Waals surface area (Å²) in [5, 5.41) is 4.67. The van der Waals surface area contributed by atoms with Crippen molar-refractivity contribution in [2.24, 2.45) is 5.92 Å². The van der Waals surface area contributed by atoms with Crippen molar-refractivity contribution in [1.29, 1.82) is 0 Å². The number of piperidine rings is 1. The number of aryl methyl sites for hydroxylation is 2. The smallest absolute Gasteiger partial charge is 0.225 e. The van der Waals surface area contributed by atoms with E-state index in [4.69, 9.17) is 0 Å². The second-order valence-electron chi connectivity index (χ2n) is 8.84. The first-order valence-electron chi connectivity index (χ1n) is 10.6. The van der Waals surface area contributed by atoms with Gasteiger partial charge in [-0.1, -0.05) is 20.8 Å². The third kappa shape index (κ3) is 4.37. The van der Waals surface area contributed by atoms with Crippen LogP contribution in [-0.4, -0.2) is 75.7 Å². The number of aromatic nitrogens is 2. The highest BCUT2D eigenvalue weighted by Crippen LogP contribution is 2.32. The minimum absolute atomic E-state index is 0.0993. The summed E-state index contributed by atoms with van der Waals surface area (Å²) in [4.78, 5) is 19.6. The van der Waals surface area contributed by atoms with Crippen molar-refractivity contribution in [3.05, 3.63) is 17.5 Å². The molecule has 3 heterocycles. The van der Waals surface area contributed by atoms with E-state index in [-0.39, 0.29) is 11.5 Å². The maximum atomic E-state index is 12.3. The van der Waals surface area contributed by atoms with Gasteiger partial charge in [0, 0.05) is 69.0 Å². The molecule has 1 aromatic heterocycles. The zero-order valence-electron chi connectivity index (χ0n) is 17.9. The Labute approximate surface area is 164 Å².